The van der Waals surface area contributed by atoms with Crippen LogP contribution in [0.5, 0.6) is 0 Å². The molecule has 0 aliphatic rings. The summed E-state index contributed by atoms with van der Waals surface area (Å²) in [5.41, 5.74) is 12.3. The van der Waals surface area contributed by atoms with Crippen molar-refractivity contribution < 1.29 is 73.2 Å². The van der Waals surface area contributed by atoms with Crippen LogP contribution in [0.25, 0.3) is 10.9 Å². The molecule has 2 rings (SSSR count). The number of carbonyl (C=O) groups excluding carboxylic acids is 7. The molecule has 0 radical (unpaired) electrons. The summed E-state index contributed by atoms with van der Waals surface area (Å²) in [6.45, 7) is -0.517. The topological polar surface area (TPSA) is 421 Å². The maximum atomic E-state index is 13.9. The number of carbonyl (C=O) groups is 11. The molecule has 1 aromatic heterocycles. The lowest BCUT2D eigenvalue weighted by atomic mass is 10.0. The van der Waals surface area contributed by atoms with Crippen LogP contribution in [0.4, 0.5) is 0 Å². The largest absolute Gasteiger partial charge is 0.481 e. The normalized spacial score (nSPS) is 14.2. The predicted octanol–water partition coefficient (Wildman–Crippen LogP) is -4.05. The van der Waals surface area contributed by atoms with E-state index in [1.54, 1.807) is 24.3 Å². The number of hydrogen-bond donors (Lipinski definition) is 16. The number of nitrogens with one attached hydrogen (secondary N) is 8. The Morgan fingerprint density at radius 1 is 0.600 bits per heavy atom. The van der Waals surface area contributed by atoms with Crippen LogP contribution in [0.3, 0.4) is 0 Å². The maximum Gasteiger partial charge on any atom is 0.327 e. The van der Waals surface area contributed by atoms with Gasteiger partial charge in [0.2, 0.25) is 41.4 Å². The standard InChI is InChI=1S/C38H54N10O15S2/c39-10-4-3-7-22(34(58)48-27(17-65)38(62)63)43-28(49)15-42-33(57)24(11-18-14-41-21-6-2-1-5-19(18)21)46-37(61)26(13-31(54)55)47-35(59)23(8-9-29(50)51)44-36(60)25(12-30(52)53)45-32(56)20(40)16-64/h1-2,5-6,14,20,22-27,41,64-65H,3-4,7-13,15-17,39-40H2,(H,42,57)(H,43,49)(H,44,60)(H,45,56)(H,46,61)(H,47,59)(H,48,58)(H,50,51)(H,52,53)(H,54,55)(H,62,63)/t20-,22-,23-,24-,25-,26-,27-/m0/s1. The Morgan fingerprint density at radius 3 is 1.66 bits per heavy atom. The van der Waals surface area contributed by atoms with Gasteiger partial charge in [-0.3, -0.25) is 47.9 Å². The molecular weight excluding hydrogens is 901 g/mol. The molecule has 7 amide bonds. The summed E-state index contributed by atoms with van der Waals surface area (Å²) in [6.07, 6.45) is -1.47. The molecule has 1 aromatic carbocycles. The number of aromatic amines is 1. The van der Waals surface area contributed by atoms with Gasteiger partial charge in [0.25, 0.3) is 0 Å². The predicted molar refractivity (Wildman–Crippen MR) is 234 cm³/mol. The number of nitrogens with two attached hydrogens (primary N) is 2. The highest BCUT2D eigenvalue weighted by atomic mass is 32.1. The zero-order valence-electron chi connectivity index (χ0n) is 34.7. The minimum Gasteiger partial charge on any atom is -0.481 e. The number of fused-ring (bicyclic) bond motifs is 1. The first-order valence-corrected chi connectivity index (χ1v) is 21.2. The molecule has 0 aliphatic heterocycles. The number of benzene rings is 1. The van der Waals surface area contributed by atoms with E-state index in [0.29, 0.717) is 29.3 Å². The van der Waals surface area contributed by atoms with Gasteiger partial charge in [-0.1, -0.05) is 18.2 Å². The van der Waals surface area contributed by atoms with Crippen LogP contribution in [0.1, 0.15) is 50.5 Å². The second kappa shape index (κ2) is 27.7. The van der Waals surface area contributed by atoms with Gasteiger partial charge in [-0.25, -0.2) is 4.79 Å². The summed E-state index contributed by atoms with van der Waals surface area (Å²) in [6, 6.07) is -4.36. The first kappa shape index (κ1) is 54.7. The van der Waals surface area contributed by atoms with E-state index in [1.807, 2.05) is 0 Å². The summed E-state index contributed by atoms with van der Waals surface area (Å²) in [4.78, 5) is 142. The van der Waals surface area contributed by atoms with Gasteiger partial charge >= 0.3 is 23.9 Å². The highest BCUT2D eigenvalue weighted by Crippen LogP contribution is 2.19. The fraction of sp³-hybridized carbons (Fsp3) is 0.500. The molecule has 16 N–H and O–H groups in total. The Bertz CT molecular complexity index is 2050. The van der Waals surface area contributed by atoms with E-state index in [-0.39, 0.29) is 30.9 Å². The summed E-state index contributed by atoms with van der Waals surface area (Å²) >= 11 is 7.79. The number of carboxylic acid groups (broad SMARTS) is 4. The number of rotatable bonds is 30. The van der Waals surface area contributed by atoms with Crippen LogP contribution in [-0.2, 0) is 59.2 Å². The average Bonchev–Trinajstić information content (AvgIpc) is 3.66. The van der Waals surface area contributed by atoms with Crippen LogP contribution in [0.2, 0.25) is 0 Å². The molecule has 7 atom stereocenters. The minimum absolute atomic E-state index is 0.0446. The van der Waals surface area contributed by atoms with E-state index in [4.69, 9.17) is 11.5 Å². The third-order valence-electron chi connectivity index (χ3n) is 9.39. The quantitative estimate of drug-likeness (QED) is 0.0262. The number of H-pyrrole nitrogens is 1. The third kappa shape index (κ3) is 19.1. The van der Waals surface area contributed by atoms with Gasteiger partial charge in [0, 0.05) is 41.4 Å². The molecule has 0 aliphatic carbocycles. The van der Waals surface area contributed by atoms with E-state index in [9.17, 15) is 73.2 Å². The first-order chi connectivity index (χ1) is 30.7. The van der Waals surface area contributed by atoms with Crippen molar-refractivity contribution in [2.45, 2.75) is 93.7 Å². The summed E-state index contributed by atoms with van der Waals surface area (Å²) in [7, 11) is 0. The molecule has 25 nitrogen and oxygen atoms in total. The van der Waals surface area contributed by atoms with E-state index in [0.717, 1.165) is 0 Å². The number of thiol groups is 2. The lowest BCUT2D eigenvalue weighted by Gasteiger charge is -2.26. The highest BCUT2D eigenvalue weighted by molar-refractivity contribution is 7.80. The molecule has 0 fully saturated rings. The summed E-state index contributed by atoms with van der Waals surface area (Å²) in [5, 5.41) is 54.1. The van der Waals surface area contributed by atoms with Gasteiger partial charge in [-0.05, 0) is 43.9 Å². The van der Waals surface area contributed by atoms with E-state index in [2.05, 4.69) is 67.5 Å². The SMILES string of the molecule is NCCCC[C@H](NC(=O)CNC(=O)[C@H](Cc1c[nH]c2ccccc12)NC(=O)[C@H](CC(=O)O)NC(=O)[C@H](CCC(=O)O)NC(=O)[C@H](CC(=O)O)NC(=O)[C@@H](N)CS)C(=O)N[C@@H](CS)C(=O)O. The number of aliphatic carboxylic acids is 4. The van der Waals surface area contributed by atoms with Crippen molar-refractivity contribution in [3.8, 4) is 0 Å². The second-order valence-corrected chi connectivity index (χ2v) is 15.2. The monoisotopic (exact) mass is 954 g/mol. The summed E-state index contributed by atoms with van der Waals surface area (Å²) in [5.74, 6) is -14.0. The molecule has 0 saturated heterocycles. The smallest absolute Gasteiger partial charge is 0.327 e. The number of para-hydroxylation sites is 1. The Labute approximate surface area is 381 Å². The average molecular weight is 955 g/mol. The number of aromatic nitrogens is 1. The Kier molecular flexibility index (Phi) is 23.3. The van der Waals surface area contributed by atoms with Crippen LogP contribution < -0.4 is 48.7 Å². The van der Waals surface area contributed by atoms with Crippen LogP contribution in [0.15, 0.2) is 30.5 Å². The molecular formula is C38H54N10O15S2. The highest BCUT2D eigenvalue weighted by Gasteiger charge is 2.34. The fourth-order valence-electron chi connectivity index (χ4n) is 5.97. The number of hydrogen-bond acceptors (Lipinski definition) is 15. The zero-order valence-corrected chi connectivity index (χ0v) is 36.5. The van der Waals surface area contributed by atoms with Crippen molar-refractivity contribution in [2.75, 3.05) is 24.6 Å². The molecule has 358 valence electrons. The molecule has 0 unspecified atom stereocenters. The van der Waals surface area contributed by atoms with Crippen LogP contribution >= 0.6 is 25.3 Å². The molecule has 0 saturated carbocycles. The van der Waals surface area contributed by atoms with Crippen LogP contribution in [-0.4, -0.2) is 158 Å². The number of unbranched alkanes of at least 4 members (excludes halogenated alkanes) is 1. The molecule has 0 bridgehead atoms. The zero-order chi connectivity index (χ0) is 48.8. The lowest BCUT2D eigenvalue weighted by molar-refractivity contribution is -0.142. The van der Waals surface area contributed by atoms with E-state index < -0.39 is 140 Å². The van der Waals surface area contributed by atoms with Gasteiger partial charge in [0.1, 0.15) is 36.3 Å². The molecule has 1 heterocycles. The summed E-state index contributed by atoms with van der Waals surface area (Å²) < 4.78 is 0. The molecule has 2 aromatic rings. The third-order valence-corrected chi connectivity index (χ3v) is 10.1. The van der Waals surface area contributed by atoms with Gasteiger partial charge in [0.15, 0.2) is 0 Å². The Hall–Kier alpha value is -6.45. The molecule has 65 heavy (non-hydrogen) atoms. The van der Waals surface area contributed by atoms with Gasteiger partial charge in [-0.2, -0.15) is 25.3 Å². The van der Waals surface area contributed by atoms with Gasteiger partial charge < -0.3 is 74.1 Å². The minimum atomic E-state index is -2.01. The van der Waals surface area contributed by atoms with Crippen molar-refractivity contribution in [1.82, 2.24) is 42.2 Å². The second-order valence-electron chi connectivity index (χ2n) is 14.4. The lowest BCUT2D eigenvalue weighted by Crippen LogP contribution is -2.60. The number of amides is 7. The fourth-order valence-corrected chi connectivity index (χ4v) is 6.38. The van der Waals surface area contributed by atoms with E-state index in [1.165, 1.54) is 6.20 Å². The molecule has 27 heteroatoms. The molecule has 0 spiro atoms. The Morgan fingerprint density at radius 2 is 1.12 bits per heavy atom. The van der Waals surface area contributed by atoms with Crippen molar-refractivity contribution in [1.29, 1.82) is 0 Å². The van der Waals surface area contributed by atoms with Gasteiger partial charge in [-0.15, -0.1) is 0 Å². The van der Waals surface area contributed by atoms with Gasteiger partial charge in [0.05, 0.1) is 25.4 Å². The Balaban J connectivity index is 2.40. The van der Waals surface area contributed by atoms with Crippen LogP contribution in [0, 0.1) is 0 Å². The van der Waals surface area contributed by atoms with Crippen molar-refractivity contribution in [3.63, 3.8) is 0 Å². The van der Waals surface area contributed by atoms with Crippen molar-refractivity contribution in [2.24, 2.45) is 11.5 Å². The van der Waals surface area contributed by atoms with Crippen molar-refractivity contribution >= 4 is 101 Å². The number of carboxylic acids is 4. The van der Waals surface area contributed by atoms with Crippen molar-refractivity contribution in [3.05, 3.63) is 36.0 Å². The van der Waals surface area contributed by atoms with E-state index >= 15 is 0 Å². The maximum absolute atomic E-state index is 13.9. The first-order valence-electron chi connectivity index (χ1n) is 19.9.